The van der Waals surface area contributed by atoms with Crippen LogP contribution in [0.2, 0.25) is 0 Å². The zero-order chi connectivity index (χ0) is 17.4. The van der Waals surface area contributed by atoms with E-state index in [1.165, 1.54) is 0 Å². The van der Waals surface area contributed by atoms with Gasteiger partial charge in [0.05, 0.1) is 18.1 Å². The van der Waals surface area contributed by atoms with Crippen molar-refractivity contribution in [2.24, 2.45) is 0 Å². The molecule has 2 rings (SSSR count). The summed E-state index contributed by atoms with van der Waals surface area (Å²) in [6.07, 6.45) is 0. The van der Waals surface area contributed by atoms with E-state index in [0.29, 0.717) is 37.0 Å². The molecule has 1 aromatic rings. The molecule has 0 saturated heterocycles. The molecule has 9 heteroatoms. The number of hydrogen-bond acceptors (Lipinski definition) is 7. The highest BCUT2D eigenvalue weighted by molar-refractivity contribution is 8.00. The van der Waals surface area contributed by atoms with E-state index in [1.54, 1.807) is 25.1 Å². The zero-order valence-electron chi connectivity index (χ0n) is 13.1. The highest BCUT2D eigenvalue weighted by Gasteiger charge is 2.14. The normalized spacial score (nSPS) is 12.2. The maximum Gasteiger partial charge on any atom is 0.325 e. The predicted molar refractivity (Wildman–Crippen MR) is 88.6 cm³/mol. The summed E-state index contributed by atoms with van der Waals surface area (Å²) in [7, 11) is 0. The first-order valence-corrected chi connectivity index (χ1v) is 8.48. The fourth-order valence-electron chi connectivity index (χ4n) is 1.88. The molecule has 2 N–H and O–H groups in total. The fraction of sp³-hybridized carbons (Fsp3) is 0.400. The lowest BCUT2D eigenvalue weighted by Gasteiger charge is -2.19. The quantitative estimate of drug-likeness (QED) is 0.744. The van der Waals surface area contributed by atoms with E-state index in [2.05, 4.69) is 10.6 Å². The molecule has 8 nitrogen and oxygen atoms in total. The summed E-state index contributed by atoms with van der Waals surface area (Å²) in [4.78, 5) is 34.5. The van der Waals surface area contributed by atoms with E-state index in [0.717, 1.165) is 11.8 Å². The van der Waals surface area contributed by atoms with Gasteiger partial charge >= 0.3 is 12.0 Å². The van der Waals surface area contributed by atoms with Crippen molar-refractivity contribution in [3.05, 3.63) is 18.2 Å². The Morgan fingerprint density at radius 3 is 2.67 bits per heavy atom. The Morgan fingerprint density at radius 1 is 1.17 bits per heavy atom. The Bertz CT molecular complexity index is 622. The van der Waals surface area contributed by atoms with Gasteiger partial charge in [0.2, 0.25) is 5.91 Å². The third kappa shape index (κ3) is 5.65. The number of thioether (sulfide) groups is 1. The first-order valence-electron chi connectivity index (χ1n) is 7.32. The van der Waals surface area contributed by atoms with E-state index < -0.39 is 17.9 Å². The Kier molecular flexibility index (Phi) is 6.74. The molecule has 0 fully saturated rings. The minimum Gasteiger partial charge on any atom is -0.486 e. The maximum absolute atomic E-state index is 11.8. The minimum absolute atomic E-state index is 0.0205. The third-order valence-corrected chi connectivity index (χ3v) is 3.72. The van der Waals surface area contributed by atoms with Crippen LogP contribution in [0.5, 0.6) is 11.5 Å². The number of esters is 1. The van der Waals surface area contributed by atoms with Gasteiger partial charge in [-0.3, -0.25) is 14.9 Å². The summed E-state index contributed by atoms with van der Waals surface area (Å²) in [5.74, 6) is 0.294. The molecular weight excluding hydrogens is 336 g/mol. The molecule has 24 heavy (non-hydrogen) atoms. The highest BCUT2D eigenvalue weighted by atomic mass is 32.2. The second-order valence-electron chi connectivity index (χ2n) is 4.66. The Morgan fingerprint density at radius 2 is 1.92 bits per heavy atom. The molecule has 0 radical (unpaired) electrons. The van der Waals surface area contributed by atoms with E-state index in [-0.39, 0.29) is 11.5 Å². The van der Waals surface area contributed by atoms with Crippen LogP contribution in [-0.2, 0) is 14.3 Å². The molecule has 0 spiro atoms. The van der Waals surface area contributed by atoms with Crippen LogP contribution in [0.1, 0.15) is 6.92 Å². The molecule has 1 aliphatic heterocycles. The summed E-state index contributed by atoms with van der Waals surface area (Å²) >= 11 is 1.07. The van der Waals surface area contributed by atoms with Gasteiger partial charge in [0.25, 0.3) is 0 Å². The average Bonchev–Trinajstić information content (AvgIpc) is 2.54. The molecule has 0 saturated carbocycles. The third-order valence-electron chi connectivity index (χ3n) is 2.81. The summed E-state index contributed by atoms with van der Waals surface area (Å²) in [5.41, 5.74) is 0.476. The van der Waals surface area contributed by atoms with Crippen molar-refractivity contribution in [1.29, 1.82) is 0 Å². The number of hydrogen-bond donors (Lipinski definition) is 2. The van der Waals surface area contributed by atoms with Crippen molar-refractivity contribution in [3.8, 4) is 11.5 Å². The van der Waals surface area contributed by atoms with Crippen LogP contribution < -0.4 is 20.1 Å². The van der Waals surface area contributed by atoms with Gasteiger partial charge in [0.15, 0.2) is 11.5 Å². The van der Waals surface area contributed by atoms with Crippen LogP contribution in [0, 0.1) is 0 Å². The Labute approximate surface area is 143 Å². The van der Waals surface area contributed by atoms with Crippen molar-refractivity contribution in [2.75, 3.05) is 36.6 Å². The number of urea groups is 1. The van der Waals surface area contributed by atoms with Gasteiger partial charge in [0.1, 0.15) is 13.2 Å². The van der Waals surface area contributed by atoms with Gasteiger partial charge in [-0.1, -0.05) is 0 Å². The smallest absolute Gasteiger partial charge is 0.325 e. The van der Waals surface area contributed by atoms with Crippen molar-refractivity contribution in [1.82, 2.24) is 5.32 Å². The maximum atomic E-state index is 11.8. The number of benzene rings is 1. The number of imide groups is 1. The van der Waals surface area contributed by atoms with Crippen LogP contribution in [-0.4, -0.2) is 49.2 Å². The second-order valence-corrected chi connectivity index (χ2v) is 5.64. The fourth-order valence-corrected chi connectivity index (χ4v) is 2.49. The molecule has 0 aliphatic carbocycles. The number of amides is 3. The van der Waals surface area contributed by atoms with Crippen LogP contribution in [0.3, 0.4) is 0 Å². The molecule has 0 bridgehead atoms. The van der Waals surface area contributed by atoms with Crippen molar-refractivity contribution < 1.29 is 28.6 Å². The molecule has 3 amide bonds. The second kappa shape index (κ2) is 9.02. The largest absolute Gasteiger partial charge is 0.486 e. The molecule has 0 atom stereocenters. The standard InChI is InChI=1S/C15H18N2O6S/c1-2-21-14(19)9-24-8-13(18)17-15(20)16-10-3-4-11-12(7-10)23-6-5-22-11/h3-4,7H,2,5-6,8-9H2,1H3,(H2,16,17,18,20). The van der Waals surface area contributed by atoms with Gasteiger partial charge < -0.3 is 19.5 Å². The number of nitrogens with one attached hydrogen (secondary N) is 2. The molecule has 0 aromatic heterocycles. The van der Waals surface area contributed by atoms with Crippen LogP contribution in [0.25, 0.3) is 0 Å². The van der Waals surface area contributed by atoms with E-state index in [4.69, 9.17) is 14.2 Å². The number of ether oxygens (including phenoxy) is 3. The number of rotatable bonds is 6. The molecule has 0 unspecified atom stereocenters. The number of carbonyl (C=O) groups is 3. The van der Waals surface area contributed by atoms with Gasteiger partial charge in [-0.05, 0) is 19.1 Å². The molecule has 130 valence electrons. The van der Waals surface area contributed by atoms with Crippen LogP contribution in [0.15, 0.2) is 18.2 Å². The number of fused-ring (bicyclic) bond motifs is 1. The van der Waals surface area contributed by atoms with Crippen LogP contribution in [0.4, 0.5) is 10.5 Å². The van der Waals surface area contributed by atoms with Crippen LogP contribution >= 0.6 is 11.8 Å². The first-order chi connectivity index (χ1) is 11.6. The van der Waals surface area contributed by atoms with Gasteiger partial charge in [-0.2, -0.15) is 0 Å². The lowest BCUT2D eigenvalue weighted by Crippen LogP contribution is -2.35. The number of carbonyl (C=O) groups excluding carboxylic acids is 3. The summed E-state index contributed by atoms with van der Waals surface area (Å²) in [6.45, 7) is 2.93. The predicted octanol–water partition coefficient (Wildman–Crippen LogP) is 1.40. The minimum atomic E-state index is -0.659. The highest BCUT2D eigenvalue weighted by Crippen LogP contribution is 2.32. The average molecular weight is 354 g/mol. The van der Waals surface area contributed by atoms with E-state index in [1.807, 2.05) is 0 Å². The van der Waals surface area contributed by atoms with E-state index in [9.17, 15) is 14.4 Å². The summed E-state index contributed by atoms with van der Waals surface area (Å²) < 4.78 is 15.5. The number of anilines is 1. The first kappa shape index (κ1) is 17.9. The SMILES string of the molecule is CCOC(=O)CSCC(=O)NC(=O)Nc1ccc2c(c1)OCCO2. The lowest BCUT2D eigenvalue weighted by molar-refractivity contribution is -0.139. The molecule has 1 aromatic carbocycles. The van der Waals surface area contributed by atoms with Crippen molar-refractivity contribution >= 4 is 35.4 Å². The van der Waals surface area contributed by atoms with Crippen molar-refractivity contribution in [2.45, 2.75) is 6.92 Å². The van der Waals surface area contributed by atoms with Gasteiger partial charge in [-0.25, -0.2) is 4.79 Å². The summed E-state index contributed by atoms with van der Waals surface area (Å²) in [5, 5.41) is 4.72. The lowest BCUT2D eigenvalue weighted by atomic mass is 10.2. The topological polar surface area (TPSA) is 103 Å². The monoisotopic (exact) mass is 354 g/mol. The molecular formula is C15H18N2O6S. The van der Waals surface area contributed by atoms with Crippen molar-refractivity contribution in [3.63, 3.8) is 0 Å². The Hall–Kier alpha value is -2.42. The Balaban J connectivity index is 1.74. The molecule has 1 aliphatic rings. The van der Waals surface area contributed by atoms with Gasteiger partial charge in [-0.15, -0.1) is 11.8 Å². The van der Waals surface area contributed by atoms with Gasteiger partial charge in [0, 0.05) is 11.8 Å². The van der Waals surface area contributed by atoms with E-state index >= 15 is 0 Å². The summed E-state index contributed by atoms with van der Waals surface area (Å²) in [6, 6.07) is 4.29. The zero-order valence-corrected chi connectivity index (χ0v) is 13.9. The molecule has 1 heterocycles.